The average molecular weight is 498 g/mol. The Labute approximate surface area is 206 Å². The van der Waals surface area contributed by atoms with Crippen molar-refractivity contribution in [2.24, 2.45) is 0 Å². The molecule has 0 saturated carbocycles. The maximum Gasteiger partial charge on any atom is 0.315 e. The van der Waals surface area contributed by atoms with E-state index in [0.29, 0.717) is 11.3 Å². The van der Waals surface area contributed by atoms with Crippen molar-refractivity contribution in [3.63, 3.8) is 0 Å². The van der Waals surface area contributed by atoms with Crippen LogP contribution < -0.4 is 26.2 Å². The van der Waals surface area contributed by atoms with E-state index in [1.807, 2.05) is 5.32 Å². The molecule has 1 unspecified atom stereocenters. The average Bonchev–Trinajstić information content (AvgIpc) is 2.89. The van der Waals surface area contributed by atoms with E-state index in [0.717, 1.165) is 12.5 Å². The molecule has 0 aliphatic heterocycles. The highest BCUT2D eigenvalue weighted by atomic mass is 19.3. The molecule has 188 valence electrons. The number of rotatable bonds is 7. The minimum Gasteiger partial charge on any atom is -0.497 e. The zero-order valence-electron chi connectivity index (χ0n) is 19.6. The van der Waals surface area contributed by atoms with Gasteiger partial charge in [-0.05, 0) is 67.3 Å². The summed E-state index contributed by atoms with van der Waals surface area (Å²) in [5, 5.41) is 15.2. The molecule has 0 fully saturated rings. The molecule has 0 aliphatic rings. The van der Waals surface area contributed by atoms with E-state index in [9.17, 15) is 23.2 Å². The summed E-state index contributed by atoms with van der Waals surface area (Å²) in [4.78, 5) is 36.4. The molecule has 11 heteroatoms. The van der Waals surface area contributed by atoms with Crippen molar-refractivity contribution < 1.29 is 33.1 Å². The van der Waals surface area contributed by atoms with Crippen molar-refractivity contribution >= 4 is 17.8 Å². The number of halogens is 2. The van der Waals surface area contributed by atoms with E-state index in [-0.39, 0.29) is 5.56 Å². The Hall–Kier alpha value is -4.61. The van der Waals surface area contributed by atoms with Gasteiger partial charge in [-0.1, -0.05) is 11.8 Å². The van der Waals surface area contributed by atoms with Gasteiger partial charge in [0.25, 0.3) is 18.2 Å². The van der Waals surface area contributed by atoms with Crippen molar-refractivity contribution in [1.29, 1.82) is 0 Å². The summed E-state index contributed by atoms with van der Waals surface area (Å²) >= 11 is 0. The maximum atomic E-state index is 13.8. The van der Waals surface area contributed by atoms with Crippen LogP contribution in [-0.2, 0) is 4.79 Å². The number of benzene rings is 2. The van der Waals surface area contributed by atoms with Gasteiger partial charge in [0.2, 0.25) is 0 Å². The molecule has 4 amide bonds. The molecular formula is C25H24F2N4O5. The lowest BCUT2D eigenvalue weighted by Gasteiger charge is -2.36. The van der Waals surface area contributed by atoms with Gasteiger partial charge in [0.15, 0.2) is 0 Å². The third kappa shape index (κ3) is 7.19. The third-order valence-electron chi connectivity index (χ3n) is 5.02. The van der Waals surface area contributed by atoms with Gasteiger partial charge < -0.3 is 20.7 Å². The molecule has 0 heterocycles. The summed E-state index contributed by atoms with van der Waals surface area (Å²) in [7, 11) is 2.76. The first kappa shape index (κ1) is 27.6. The number of hydrogen-bond acceptors (Lipinski definition) is 5. The predicted molar refractivity (Wildman–Crippen MR) is 126 cm³/mol. The number of carbonyl (C=O) groups is 3. The summed E-state index contributed by atoms with van der Waals surface area (Å²) in [5.74, 6) is 9.54. The predicted octanol–water partition coefficient (Wildman–Crippen LogP) is 1.66. The molecule has 2 atom stereocenters. The van der Waals surface area contributed by atoms with Gasteiger partial charge in [-0.25, -0.2) is 19.1 Å². The molecule has 5 N–H and O–H groups in total. The normalized spacial score (nSPS) is 12.4. The van der Waals surface area contributed by atoms with Crippen LogP contribution in [0.3, 0.4) is 0 Å². The largest absolute Gasteiger partial charge is 0.497 e. The lowest BCUT2D eigenvalue weighted by Crippen LogP contribution is -2.69. The summed E-state index contributed by atoms with van der Waals surface area (Å²) in [6.07, 6.45) is -3.28. The lowest BCUT2D eigenvalue weighted by atomic mass is 9.91. The minimum absolute atomic E-state index is 0.0252. The smallest absolute Gasteiger partial charge is 0.315 e. The molecule has 0 aliphatic carbocycles. The number of ether oxygens (including phenoxy) is 1. The summed E-state index contributed by atoms with van der Waals surface area (Å²) in [5.41, 5.74) is -0.00997. The Kier molecular flexibility index (Phi) is 9.78. The second kappa shape index (κ2) is 12.7. The Morgan fingerprint density at radius 3 is 1.94 bits per heavy atom. The van der Waals surface area contributed by atoms with Crippen LogP contribution in [0, 0.1) is 23.7 Å². The Bertz CT molecular complexity index is 1210. The highest BCUT2D eigenvalue weighted by Gasteiger charge is 2.48. The molecule has 2 aromatic carbocycles. The van der Waals surface area contributed by atoms with Crippen LogP contribution in [0.4, 0.5) is 13.6 Å². The first-order chi connectivity index (χ1) is 17.1. The quantitative estimate of drug-likeness (QED) is 0.225. The molecular weight excluding hydrogens is 474 g/mol. The molecule has 0 aromatic heterocycles. The number of methoxy groups -OCH3 is 1. The Morgan fingerprint density at radius 2 is 1.50 bits per heavy atom. The lowest BCUT2D eigenvalue weighted by molar-refractivity contribution is -0.135. The molecule has 2 aromatic rings. The van der Waals surface area contributed by atoms with Crippen molar-refractivity contribution in [2.75, 3.05) is 14.2 Å². The van der Waals surface area contributed by atoms with E-state index in [2.05, 4.69) is 34.3 Å². The van der Waals surface area contributed by atoms with Gasteiger partial charge in [-0.15, -0.1) is 0 Å². The highest BCUT2D eigenvalue weighted by molar-refractivity contribution is 5.98. The van der Waals surface area contributed by atoms with Crippen LogP contribution in [0.15, 0.2) is 48.5 Å². The summed E-state index contributed by atoms with van der Waals surface area (Å²) < 4.78 is 32.7. The van der Waals surface area contributed by atoms with E-state index in [4.69, 9.17) is 9.94 Å². The van der Waals surface area contributed by atoms with E-state index < -0.39 is 35.9 Å². The fraction of sp³-hybridized carbons (Fsp3) is 0.240. The first-order valence-electron chi connectivity index (χ1n) is 10.4. The topological polar surface area (TPSA) is 129 Å². The molecule has 0 bridgehead atoms. The maximum absolute atomic E-state index is 13.8. The molecule has 0 spiro atoms. The number of urea groups is 1. The standard InChI is InChI=1S/C25H24F2N4O5/c1-25(23(26)27,30-24(34)28-2)20(22(33)31-35)29-21(32)18-12-8-16(9-13-18)6-4-5-7-17-10-14-19(36-3)15-11-17/h8-15,20,23,35H,1-3H3,(H,29,32)(H,31,33)(H2,28,30,34)/t20-,25?/m1/s1. The number of hydroxylamine groups is 1. The molecule has 36 heavy (non-hydrogen) atoms. The molecule has 0 saturated heterocycles. The van der Waals surface area contributed by atoms with Crippen LogP contribution in [0.1, 0.15) is 28.4 Å². The monoisotopic (exact) mass is 498 g/mol. The van der Waals surface area contributed by atoms with Gasteiger partial charge in [-0.3, -0.25) is 14.8 Å². The van der Waals surface area contributed by atoms with Crippen molar-refractivity contribution in [3.05, 3.63) is 65.2 Å². The minimum atomic E-state index is -3.28. The van der Waals surface area contributed by atoms with Crippen LogP contribution in [0.5, 0.6) is 5.75 Å². The number of alkyl halides is 2. The Morgan fingerprint density at radius 1 is 0.972 bits per heavy atom. The SMILES string of the molecule is CNC(=O)NC(C)(C(F)F)[C@H](NC(=O)c1ccc(C#CC#Cc2ccc(OC)cc2)cc1)C(=O)NO. The number of hydrogen-bond donors (Lipinski definition) is 5. The second-order valence-electron chi connectivity index (χ2n) is 7.48. The third-order valence-corrected chi connectivity index (χ3v) is 5.02. The van der Waals surface area contributed by atoms with Gasteiger partial charge in [0, 0.05) is 23.7 Å². The van der Waals surface area contributed by atoms with E-state index in [1.54, 1.807) is 31.4 Å². The van der Waals surface area contributed by atoms with Gasteiger partial charge in [-0.2, -0.15) is 0 Å². The van der Waals surface area contributed by atoms with Crippen LogP contribution in [-0.4, -0.2) is 55.2 Å². The molecule has 0 radical (unpaired) electrons. The zero-order chi connectivity index (χ0) is 26.7. The van der Waals surface area contributed by atoms with Gasteiger partial charge in [0.1, 0.15) is 17.3 Å². The van der Waals surface area contributed by atoms with Crippen LogP contribution in [0.25, 0.3) is 0 Å². The first-order valence-corrected chi connectivity index (χ1v) is 10.4. The highest BCUT2D eigenvalue weighted by Crippen LogP contribution is 2.21. The van der Waals surface area contributed by atoms with Crippen molar-refractivity contribution in [1.82, 2.24) is 21.4 Å². The van der Waals surface area contributed by atoms with Crippen LogP contribution >= 0.6 is 0 Å². The number of nitrogens with one attached hydrogen (secondary N) is 4. The van der Waals surface area contributed by atoms with Crippen molar-refractivity contribution in [2.45, 2.75) is 24.9 Å². The second-order valence-corrected chi connectivity index (χ2v) is 7.48. The Balaban J connectivity index is 2.16. The van der Waals surface area contributed by atoms with Gasteiger partial charge in [0.05, 0.1) is 7.11 Å². The fourth-order valence-corrected chi connectivity index (χ4v) is 2.91. The summed E-state index contributed by atoms with van der Waals surface area (Å²) in [6.45, 7) is 0.860. The number of carbonyl (C=O) groups excluding carboxylic acids is 3. The van der Waals surface area contributed by atoms with E-state index >= 15 is 0 Å². The molecule has 2 rings (SSSR count). The van der Waals surface area contributed by atoms with Crippen molar-refractivity contribution in [3.8, 4) is 29.4 Å². The fourth-order valence-electron chi connectivity index (χ4n) is 2.91. The van der Waals surface area contributed by atoms with Crippen LogP contribution in [0.2, 0.25) is 0 Å². The summed E-state index contributed by atoms with van der Waals surface area (Å²) in [6, 6.07) is 9.85. The van der Waals surface area contributed by atoms with Gasteiger partial charge >= 0.3 is 6.03 Å². The number of amides is 4. The van der Waals surface area contributed by atoms with E-state index in [1.165, 1.54) is 36.8 Å². The zero-order valence-corrected chi connectivity index (χ0v) is 19.6. The molecule has 9 nitrogen and oxygen atoms in total.